The summed E-state index contributed by atoms with van der Waals surface area (Å²) in [5.74, 6) is 0.0355. The van der Waals surface area contributed by atoms with Crippen molar-refractivity contribution in [2.24, 2.45) is 11.3 Å². The molecule has 2 aromatic carbocycles. The minimum atomic E-state index is -4.73. The van der Waals surface area contributed by atoms with Crippen LogP contribution in [0.3, 0.4) is 0 Å². The SMILES string of the molecule is CC(C)c1ccccc1[C@@H]1COCCN1C1CC2(CCN(c3ccc(C(=O)NS(=O)(=O)c4cc([N+](=O)[O-])c(NCC5CCC(C)(O)CC5)cn4)c(N4c5cc6cc[nH]c6nc5O[C@H]5COCC[C@@H]54)c3)CC2)C1. The number of nitrogens with zero attached hydrogens (tertiary/aromatic N) is 6. The van der Waals surface area contributed by atoms with Gasteiger partial charge in [0.2, 0.25) is 5.88 Å². The first kappa shape index (κ1) is 48.4. The molecule has 3 aromatic heterocycles. The van der Waals surface area contributed by atoms with Crippen molar-refractivity contribution in [3.8, 4) is 5.88 Å². The smallest absolute Gasteiger partial charge is 0.296 e. The number of rotatable bonds is 12. The molecule has 0 unspecified atom stereocenters. The lowest BCUT2D eigenvalue weighted by molar-refractivity contribution is -0.384. The number of sulfonamides is 1. The molecule has 5 aromatic rings. The number of amides is 1. The van der Waals surface area contributed by atoms with Crippen molar-refractivity contribution in [2.75, 3.05) is 67.7 Å². The summed E-state index contributed by atoms with van der Waals surface area (Å²) in [6.45, 7) is 11.5. The molecule has 4 aliphatic heterocycles. The molecular formula is C53H65N9O9S. The molecule has 3 saturated heterocycles. The summed E-state index contributed by atoms with van der Waals surface area (Å²) < 4.78 is 49.0. The number of anilines is 4. The highest BCUT2D eigenvalue weighted by molar-refractivity contribution is 7.90. The zero-order valence-corrected chi connectivity index (χ0v) is 42.0. The summed E-state index contributed by atoms with van der Waals surface area (Å²) in [6.07, 6.45) is 10.1. The number of pyridine rings is 2. The van der Waals surface area contributed by atoms with Gasteiger partial charge in [-0.25, -0.2) is 9.71 Å². The largest absolute Gasteiger partial charge is 0.468 e. The first-order valence-corrected chi connectivity index (χ1v) is 27.1. The van der Waals surface area contributed by atoms with Crippen LogP contribution in [0.2, 0.25) is 0 Å². The molecule has 4 N–H and O–H groups in total. The van der Waals surface area contributed by atoms with Gasteiger partial charge in [-0.15, -0.1) is 0 Å². The number of aromatic nitrogens is 3. The third kappa shape index (κ3) is 9.38. The zero-order chi connectivity index (χ0) is 49.9. The van der Waals surface area contributed by atoms with E-state index in [1.54, 1.807) is 12.3 Å². The van der Waals surface area contributed by atoms with Gasteiger partial charge in [0.05, 0.1) is 65.9 Å². The second-order valence-electron chi connectivity index (χ2n) is 21.6. The molecule has 72 heavy (non-hydrogen) atoms. The molecule has 2 saturated carbocycles. The van der Waals surface area contributed by atoms with Gasteiger partial charge in [0.25, 0.3) is 21.6 Å². The van der Waals surface area contributed by atoms with Crippen LogP contribution in [0.15, 0.2) is 78.1 Å². The van der Waals surface area contributed by atoms with Crippen LogP contribution in [0.4, 0.5) is 28.4 Å². The van der Waals surface area contributed by atoms with Crippen LogP contribution in [0, 0.1) is 21.4 Å². The van der Waals surface area contributed by atoms with Gasteiger partial charge < -0.3 is 39.4 Å². The van der Waals surface area contributed by atoms with Crippen molar-refractivity contribution in [2.45, 2.75) is 119 Å². The number of piperidine rings is 1. The number of carbonyl (C=O) groups excluding carboxylic acids is 1. The highest BCUT2D eigenvalue weighted by Crippen LogP contribution is 2.54. The van der Waals surface area contributed by atoms with Crippen LogP contribution in [0.1, 0.15) is 112 Å². The third-order valence-corrected chi connectivity index (χ3v) is 17.8. The summed E-state index contributed by atoms with van der Waals surface area (Å²) in [6, 6.07) is 19.6. The van der Waals surface area contributed by atoms with E-state index in [2.05, 4.69) is 72.8 Å². The van der Waals surface area contributed by atoms with E-state index < -0.39 is 43.3 Å². The molecular weight excluding hydrogens is 939 g/mol. The maximum Gasteiger partial charge on any atom is 0.296 e. The topological polar surface area (TPSA) is 218 Å². The van der Waals surface area contributed by atoms with E-state index >= 15 is 0 Å². The number of ether oxygens (including phenoxy) is 3. The molecule has 0 radical (unpaired) electrons. The highest BCUT2D eigenvalue weighted by Gasteiger charge is 2.50. The number of nitro groups is 1. The lowest BCUT2D eigenvalue weighted by Crippen LogP contribution is -2.58. The predicted molar refractivity (Wildman–Crippen MR) is 273 cm³/mol. The minimum Gasteiger partial charge on any atom is -0.468 e. The Hall–Kier alpha value is -5.86. The number of morpholine rings is 1. The van der Waals surface area contributed by atoms with Crippen molar-refractivity contribution in [1.82, 2.24) is 24.6 Å². The van der Waals surface area contributed by atoms with Gasteiger partial charge in [-0.1, -0.05) is 38.1 Å². The number of H-pyrrole nitrogens is 1. The molecule has 11 rings (SSSR count). The Morgan fingerprint density at radius 2 is 1.75 bits per heavy atom. The number of aliphatic hydroxyl groups is 1. The number of hydrogen-bond donors (Lipinski definition) is 4. The fourth-order valence-electron chi connectivity index (χ4n) is 12.4. The fourth-order valence-corrected chi connectivity index (χ4v) is 13.3. The molecule has 18 nitrogen and oxygen atoms in total. The molecule has 7 heterocycles. The van der Waals surface area contributed by atoms with E-state index in [9.17, 15) is 28.4 Å². The van der Waals surface area contributed by atoms with Crippen molar-refractivity contribution >= 4 is 55.4 Å². The summed E-state index contributed by atoms with van der Waals surface area (Å²) in [7, 11) is -4.73. The van der Waals surface area contributed by atoms with E-state index in [0.717, 1.165) is 88.1 Å². The zero-order valence-electron chi connectivity index (χ0n) is 41.2. The second-order valence-corrected chi connectivity index (χ2v) is 23.2. The van der Waals surface area contributed by atoms with Crippen LogP contribution >= 0.6 is 0 Å². The van der Waals surface area contributed by atoms with Gasteiger partial charge in [0, 0.05) is 56.1 Å². The number of nitrogens with one attached hydrogen (secondary N) is 3. The number of fused-ring (bicyclic) bond motifs is 3. The normalized spacial score (nSPS) is 25.6. The third-order valence-electron chi connectivity index (χ3n) is 16.6. The van der Waals surface area contributed by atoms with Gasteiger partial charge in [-0.3, -0.25) is 19.8 Å². The van der Waals surface area contributed by atoms with Crippen molar-refractivity contribution in [3.05, 3.63) is 99.9 Å². The molecule has 0 bridgehead atoms. The number of aromatic amines is 1. The fraction of sp³-hybridized carbons (Fsp3) is 0.528. The van der Waals surface area contributed by atoms with Crippen LogP contribution in [0.25, 0.3) is 11.0 Å². The summed E-state index contributed by atoms with van der Waals surface area (Å²) in [5, 5.41) is 26.0. The van der Waals surface area contributed by atoms with E-state index in [1.807, 2.05) is 31.2 Å². The number of benzene rings is 2. The average Bonchev–Trinajstić information content (AvgIpc) is 3.83. The van der Waals surface area contributed by atoms with Crippen LogP contribution < -0.4 is 24.6 Å². The maximum absolute atomic E-state index is 14.7. The number of carbonyl (C=O) groups is 1. The summed E-state index contributed by atoms with van der Waals surface area (Å²) in [5.41, 5.74) is 4.59. The molecule has 2 aliphatic carbocycles. The average molecular weight is 1000 g/mol. The molecule has 382 valence electrons. The quantitative estimate of drug-likeness (QED) is 0.0688. The first-order valence-electron chi connectivity index (χ1n) is 25.7. The summed E-state index contributed by atoms with van der Waals surface area (Å²) in [4.78, 5) is 45.6. The molecule has 1 spiro atoms. The van der Waals surface area contributed by atoms with Crippen molar-refractivity contribution in [1.29, 1.82) is 0 Å². The first-order chi connectivity index (χ1) is 34.6. The molecule has 19 heteroatoms. The summed E-state index contributed by atoms with van der Waals surface area (Å²) >= 11 is 0. The van der Waals surface area contributed by atoms with Gasteiger partial charge in [0.15, 0.2) is 5.03 Å². The molecule has 5 fully saturated rings. The Morgan fingerprint density at radius 1 is 0.972 bits per heavy atom. The minimum absolute atomic E-state index is 0.0670. The maximum atomic E-state index is 14.7. The highest BCUT2D eigenvalue weighted by atomic mass is 32.2. The van der Waals surface area contributed by atoms with Crippen LogP contribution in [-0.2, 0) is 19.5 Å². The lowest BCUT2D eigenvalue weighted by Gasteiger charge is -2.57. The monoisotopic (exact) mass is 1000 g/mol. The van der Waals surface area contributed by atoms with Gasteiger partial charge in [-0.05, 0) is 123 Å². The lowest BCUT2D eigenvalue weighted by atomic mass is 9.59. The molecule has 6 aliphatic rings. The Kier molecular flexibility index (Phi) is 12.9. The van der Waals surface area contributed by atoms with E-state index in [1.165, 1.54) is 11.1 Å². The second kappa shape index (κ2) is 19.2. The Bertz CT molecular complexity index is 2960. The standard InChI is InChI=1S/C53H65N9O9S/c1-33(2)38-6-4-5-7-39(38)46-31-70-23-21-60(46)37-27-53(28-37)16-19-59(20-17-53)36-8-9-40(43(25-36)61-42-13-22-69-32-47(42)71-51-45(61)24-35-12-18-54-49(35)57-51)50(63)58-72(67,68)48-26-44(62(65)66)41(30-56-48)55-29-34-10-14-52(3,64)15-11-34/h4-9,12,18,24-26,30,33-34,37,42,46-47,55,64H,10-11,13-17,19-23,27-29,31-32H2,1-3H3,(H,54,57)(H,58,63)/t34?,42-,46-,47-,52?/m0/s1. The molecule has 1 amide bonds. The van der Waals surface area contributed by atoms with Crippen LogP contribution in [0.5, 0.6) is 5.88 Å². The Morgan fingerprint density at radius 3 is 2.53 bits per heavy atom. The van der Waals surface area contributed by atoms with Crippen molar-refractivity contribution < 1.29 is 37.5 Å². The molecule has 3 atom stereocenters. The van der Waals surface area contributed by atoms with Gasteiger partial charge >= 0.3 is 0 Å². The van der Waals surface area contributed by atoms with E-state index in [4.69, 9.17) is 19.2 Å². The predicted octanol–water partition coefficient (Wildman–Crippen LogP) is 7.97. The Labute approximate surface area is 420 Å². The van der Waals surface area contributed by atoms with Gasteiger partial charge in [0.1, 0.15) is 23.1 Å². The van der Waals surface area contributed by atoms with E-state index in [-0.39, 0.29) is 34.7 Å². The van der Waals surface area contributed by atoms with Gasteiger partial charge in [-0.2, -0.15) is 13.4 Å². The van der Waals surface area contributed by atoms with E-state index in [0.29, 0.717) is 80.5 Å². The Balaban J connectivity index is 0.864. The van der Waals surface area contributed by atoms with Crippen molar-refractivity contribution in [3.63, 3.8) is 0 Å². The van der Waals surface area contributed by atoms with Crippen LogP contribution in [-0.4, -0.2) is 121 Å². The number of hydrogen-bond acceptors (Lipinski definition) is 15.